The number of halogens is 4. The number of aromatic nitrogens is 1. The van der Waals surface area contributed by atoms with Gasteiger partial charge in [0.1, 0.15) is 11.6 Å². The molecule has 160 valence electrons. The summed E-state index contributed by atoms with van der Waals surface area (Å²) in [6.07, 6.45) is -2.29. The van der Waals surface area contributed by atoms with Crippen LogP contribution in [0.1, 0.15) is 32.6 Å². The lowest BCUT2D eigenvalue weighted by atomic mass is 10.0. The number of anilines is 2. The highest BCUT2D eigenvalue weighted by Gasteiger charge is 2.31. The molecule has 0 N–H and O–H groups in total. The molecule has 2 aromatic carbocycles. The number of methoxy groups -OCH3 is 1. The van der Waals surface area contributed by atoms with Crippen LogP contribution in [0, 0.1) is 5.82 Å². The maximum Gasteiger partial charge on any atom is 0.416 e. The SMILES string of the molecule is COC(=O)c1cccc2c1CCN2c1cc(Cc2cc(F)cc(C(F)(F)F)c2)ccn1. The zero-order valence-corrected chi connectivity index (χ0v) is 16.5. The predicted molar refractivity (Wildman–Crippen MR) is 107 cm³/mol. The lowest BCUT2D eigenvalue weighted by molar-refractivity contribution is -0.137. The van der Waals surface area contributed by atoms with Crippen molar-refractivity contribution in [3.63, 3.8) is 0 Å². The van der Waals surface area contributed by atoms with Gasteiger partial charge in [-0.05, 0) is 72.0 Å². The van der Waals surface area contributed by atoms with Gasteiger partial charge in [-0.25, -0.2) is 14.2 Å². The Bertz CT molecular complexity index is 1140. The van der Waals surface area contributed by atoms with Crippen LogP contribution in [0.2, 0.25) is 0 Å². The van der Waals surface area contributed by atoms with Gasteiger partial charge in [-0.1, -0.05) is 6.07 Å². The molecule has 2 heterocycles. The van der Waals surface area contributed by atoms with E-state index in [1.54, 1.807) is 30.5 Å². The highest BCUT2D eigenvalue weighted by molar-refractivity contribution is 5.94. The van der Waals surface area contributed by atoms with Crippen LogP contribution in [0.5, 0.6) is 0 Å². The smallest absolute Gasteiger partial charge is 0.416 e. The van der Waals surface area contributed by atoms with Gasteiger partial charge in [0, 0.05) is 18.4 Å². The second kappa shape index (κ2) is 8.02. The second-order valence-electron chi connectivity index (χ2n) is 7.24. The molecular formula is C23H18F4N2O2. The van der Waals surface area contributed by atoms with Crippen LogP contribution < -0.4 is 4.90 Å². The Morgan fingerprint density at radius 2 is 1.94 bits per heavy atom. The quantitative estimate of drug-likeness (QED) is 0.416. The summed E-state index contributed by atoms with van der Waals surface area (Å²) in [4.78, 5) is 18.4. The number of carbonyl (C=O) groups is 1. The number of fused-ring (bicyclic) bond motifs is 1. The van der Waals surface area contributed by atoms with Crippen molar-refractivity contribution in [2.24, 2.45) is 0 Å². The first kappa shape index (κ1) is 20.8. The van der Waals surface area contributed by atoms with Crippen molar-refractivity contribution in [1.82, 2.24) is 4.98 Å². The summed E-state index contributed by atoms with van der Waals surface area (Å²) in [5.74, 6) is -0.736. The van der Waals surface area contributed by atoms with Crippen LogP contribution in [0.15, 0.2) is 54.7 Å². The molecule has 31 heavy (non-hydrogen) atoms. The molecule has 0 radical (unpaired) electrons. The minimum atomic E-state index is -4.61. The standard InChI is InChI=1S/C23H18F4N2O2/c1-31-22(30)19-3-2-4-20-18(19)6-8-29(20)21-12-14(5-7-28-21)9-15-10-16(23(25,26)27)13-17(24)11-15/h2-5,7,10-13H,6,8-9H2,1H3. The zero-order chi connectivity index (χ0) is 22.2. The van der Waals surface area contributed by atoms with Gasteiger partial charge in [0.15, 0.2) is 0 Å². The molecule has 0 fully saturated rings. The predicted octanol–water partition coefficient (Wildman–Crippen LogP) is 5.31. The van der Waals surface area contributed by atoms with Gasteiger partial charge in [0.05, 0.1) is 18.2 Å². The number of esters is 1. The van der Waals surface area contributed by atoms with Gasteiger partial charge in [-0.2, -0.15) is 13.2 Å². The third kappa shape index (κ3) is 4.23. The number of nitrogens with zero attached hydrogens (tertiary/aromatic N) is 2. The van der Waals surface area contributed by atoms with Crippen molar-refractivity contribution in [3.05, 3.63) is 88.4 Å². The molecular weight excluding hydrogens is 412 g/mol. The molecule has 0 unspecified atom stereocenters. The van der Waals surface area contributed by atoms with Crippen LogP contribution >= 0.6 is 0 Å². The van der Waals surface area contributed by atoms with E-state index in [4.69, 9.17) is 4.74 Å². The minimum absolute atomic E-state index is 0.124. The average Bonchev–Trinajstić information content (AvgIpc) is 3.16. The van der Waals surface area contributed by atoms with E-state index >= 15 is 0 Å². The summed E-state index contributed by atoms with van der Waals surface area (Å²) in [5, 5.41) is 0. The Labute approximate surface area is 176 Å². The molecule has 0 saturated heterocycles. The van der Waals surface area contributed by atoms with Crippen LogP contribution in [0.25, 0.3) is 0 Å². The first-order valence-electron chi connectivity index (χ1n) is 9.55. The highest BCUT2D eigenvalue weighted by Crippen LogP contribution is 2.36. The lowest BCUT2D eigenvalue weighted by Gasteiger charge is -2.19. The maximum atomic E-state index is 13.7. The largest absolute Gasteiger partial charge is 0.465 e. The molecule has 0 spiro atoms. The Hall–Kier alpha value is -3.42. The van der Waals surface area contributed by atoms with Crippen LogP contribution in [0.4, 0.5) is 29.1 Å². The lowest BCUT2D eigenvalue weighted by Crippen LogP contribution is -2.15. The summed E-state index contributed by atoms with van der Waals surface area (Å²) < 4.78 is 57.6. The number of ether oxygens (including phenoxy) is 1. The topological polar surface area (TPSA) is 42.4 Å². The number of carbonyl (C=O) groups excluding carboxylic acids is 1. The number of benzene rings is 2. The Morgan fingerprint density at radius 3 is 2.68 bits per heavy atom. The van der Waals surface area contributed by atoms with E-state index in [2.05, 4.69) is 4.98 Å². The third-order valence-corrected chi connectivity index (χ3v) is 5.21. The summed E-state index contributed by atoms with van der Waals surface area (Å²) in [7, 11) is 1.33. The number of alkyl halides is 3. The van der Waals surface area contributed by atoms with Gasteiger partial charge in [0.2, 0.25) is 0 Å². The zero-order valence-electron chi connectivity index (χ0n) is 16.5. The summed E-state index contributed by atoms with van der Waals surface area (Å²) in [5.41, 5.74) is 2.10. The van der Waals surface area contributed by atoms with Crippen LogP contribution in [-0.2, 0) is 23.8 Å². The van der Waals surface area contributed by atoms with Gasteiger partial charge in [-0.3, -0.25) is 0 Å². The fourth-order valence-electron chi connectivity index (χ4n) is 3.84. The van der Waals surface area contributed by atoms with Crippen LogP contribution in [-0.4, -0.2) is 24.6 Å². The monoisotopic (exact) mass is 430 g/mol. The number of rotatable bonds is 4. The van der Waals surface area contributed by atoms with Gasteiger partial charge < -0.3 is 9.64 Å². The van der Waals surface area contributed by atoms with E-state index < -0.39 is 23.5 Å². The first-order valence-corrected chi connectivity index (χ1v) is 9.55. The van der Waals surface area contributed by atoms with E-state index in [0.29, 0.717) is 36.0 Å². The van der Waals surface area contributed by atoms with Gasteiger partial charge in [-0.15, -0.1) is 0 Å². The number of hydrogen-bond donors (Lipinski definition) is 0. The van der Waals surface area contributed by atoms with Gasteiger partial charge in [0.25, 0.3) is 0 Å². The second-order valence-corrected chi connectivity index (χ2v) is 7.24. The maximum absolute atomic E-state index is 13.7. The van der Waals surface area contributed by atoms with Crippen molar-refractivity contribution < 1.29 is 27.1 Å². The van der Waals surface area contributed by atoms with Crippen molar-refractivity contribution in [2.45, 2.75) is 19.0 Å². The summed E-state index contributed by atoms with van der Waals surface area (Å²) in [6.45, 7) is 0.595. The van der Waals surface area contributed by atoms with Crippen molar-refractivity contribution in [2.75, 3.05) is 18.6 Å². The van der Waals surface area contributed by atoms with E-state index in [-0.39, 0.29) is 12.0 Å². The van der Waals surface area contributed by atoms with E-state index in [9.17, 15) is 22.4 Å². The third-order valence-electron chi connectivity index (χ3n) is 5.21. The molecule has 0 saturated carbocycles. The van der Waals surface area contributed by atoms with Crippen LogP contribution in [0.3, 0.4) is 0 Å². The molecule has 3 aromatic rings. The van der Waals surface area contributed by atoms with Crippen molar-refractivity contribution in [1.29, 1.82) is 0 Å². The minimum Gasteiger partial charge on any atom is -0.465 e. The van der Waals surface area contributed by atoms with E-state index in [1.165, 1.54) is 7.11 Å². The van der Waals surface area contributed by atoms with E-state index in [0.717, 1.165) is 23.4 Å². The van der Waals surface area contributed by atoms with Gasteiger partial charge >= 0.3 is 12.1 Å². The highest BCUT2D eigenvalue weighted by atomic mass is 19.4. The molecule has 1 aliphatic heterocycles. The number of pyridine rings is 1. The normalized spacial score (nSPS) is 13.3. The molecule has 4 nitrogen and oxygen atoms in total. The molecule has 4 rings (SSSR count). The molecule has 0 bridgehead atoms. The van der Waals surface area contributed by atoms with Crippen molar-refractivity contribution >= 4 is 17.5 Å². The summed E-state index contributed by atoms with van der Waals surface area (Å²) >= 11 is 0. The first-order chi connectivity index (χ1) is 14.8. The Morgan fingerprint density at radius 1 is 1.13 bits per heavy atom. The van der Waals surface area contributed by atoms with Crippen molar-refractivity contribution in [3.8, 4) is 0 Å². The molecule has 0 amide bonds. The Balaban J connectivity index is 1.63. The average molecular weight is 430 g/mol. The van der Waals surface area contributed by atoms with E-state index in [1.807, 2.05) is 11.0 Å². The molecule has 8 heteroatoms. The molecule has 1 aliphatic rings. The molecule has 0 atom stereocenters. The molecule has 1 aromatic heterocycles. The fourth-order valence-corrected chi connectivity index (χ4v) is 3.84. The molecule has 0 aliphatic carbocycles. The number of hydrogen-bond acceptors (Lipinski definition) is 4. The fraction of sp³-hybridized carbons (Fsp3) is 0.217. The summed E-state index contributed by atoms with van der Waals surface area (Å²) in [6, 6.07) is 11.3. The Kier molecular flexibility index (Phi) is 5.39.